The first kappa shape index (κ1) is 8.55. The Hall–Kier alpha value is -0.550. The van der Waals surface area contributed by atoms with Gasteiger partial charge in [0.1, 0.15) is 6.61 Å². The molecule has 62 valence electrons. The molecule has 2 heteroatoms. The van der Waals surface area contributed by atoms with Crippen LogP contribution in [0.2, 0.25) is 0 Å². The van der Waals surface area contributed by atoms with Gasteiger partial charge in [0.05, 0.1) is 5.60 Å². The second-order valence-corrected chi connectivity index (χ2v) is 4.24. The number of ether oxygens (including phenoxy) is 1. The molecule has 1 aliphatic rings. The average molecular weight is 153 g/mol. The highest BCUT2D eigenvalue weighted by Gasteiger charge is 2.51. The van der Waals surface area contributed by atoms with Gasteiger partial charge in [-0.15, -0.1) is 0 Å². The zero-order valence-corrected chi connectivity index (χ0v) is 7.48. The standard InChI is InChI=1S/C9H15NO/c1-8(2,3)11-7-9(10-4)5-6-9/h5-7H2,1-3H3. The van der Waals surface area contributed by atoms with E-state index in [9.17, 15) is 0 Å². The van der Waals surface area contributed by atoms with Crippen LogP contribution >= 0.6 is 0 Å². The summed E-state index contributed by atoms with van der Waals surface area (Å²) < 4.78 is 5.53. The summed E-state index contributed by atoms with van der Waals surface area (Å²) in [4.78, 5) is 3.56. The van der Waals surface area contributed by atoms with Gasteiger partial charge in [-0.1, -0.05) is 0 Å². The van der Waals surface area contributed by atoms with Crippen LogP contribution in [-0.4, -0.2) is 17.7 Å². The summed E-state index contributed by atoms with van der Waals surface area (Å²) in [7, 11) is 0. The zero-order chi connectivity index (χ0) is 8.54. The highest BCUT2D eigenvalue weighted by molar-refractivity contribution is 5.11. The largest absolute Gasteiger partial charge is 0.367 e. The van der Waals surface area contributed by atoms with E-state index in [1.165, 1.54) is 0 Å². The van der Waals surface area contributed by atoms with Crippen molar-refractivity contribution in [3.05, 3.63) is 11.4 Å². The van der Waals surface area contributed by atoms with Crippen LogP contribution in [0.1, 0.15) is 33.6 Å². The molecule has 1 aliphatic carbocycles. The summed E-state index contributed by atoms with van der Waals surface area (Å²) in [6.45, 7) is 13.6. The fraction of sp³-hybridized carbons (Fsp3) is 0.889. The summed E-state index contributed by atoms with van der Waals surface area (Å²) in [5, 5.41) is 0. The molecule has 0 heterocycles. The lowest BCUT2D eigenvalue weighted by molar-refractivity contribution is -0.00907. The fourth-order valence-electron chi connectivity index (χ4n) is 0.784. The Balaban J connectivity index is 2.29. The van der Waals surface area contributed by atoms with E-state index < -0.39 is 0 Å². The smallest absolute Gasteiger partial charge is 0.256 e. The van der Waals surface area contributed by atoms with Gasteiger partial charge in [-0.2, -0.15) is 0 Å². The number of rotatable bonds is 2. The average Bonchev–Trinajstić information content (AvgIpc) is 2.63. The predicted octanol–water partition coefficient (Wildman–Crippen LogP) is 2.25. The van der Waals surface area contributed by atoms with Crippen molar-refractivity contribution in [1.29, 1.82) is 0 Å². The van der Waals surface area contributed by atoms with E-state index in [1.807, 2.05) is 20.8 Å². The zero-order valence-electron chi connectivity index (χ0n) is 7.48. The molecule has 0 atom stereocenters. The number of hydrogen-bond donors (Lipinski definition) is 0. The Morgan fingerprint density at radius 3 is 2.27 bits per heavy atom. The van der Waals surface area contributed by atoms with Crippen LogP contribution in [0.5, 0.6) is 0 Å². The maximum atomic E-state index is 6.92. The molecular weight excluding hydrogens is 138 g/mol. The molecule has 0 spiro atoms. The summed E-state index contributed by atoms with van der Waals surface area (Å²) in [6, 6.07) is 0. The molecule has 2 nitrogen and oxygen atoms in total. The van der Waals surface area contributed by atoms with E-state index in [0.29, 0.717) is 6.61 Å². The van der Waals surface area contributed by atoms with Gasteiger partial charge < -0.3 is 9.58 Å². The molecule has 0 N–H and O–H groups in total. The van der Waals surface area contributed by atoms with Gasteiger partial charge in [0.25, 0.3) is 5.54 Å². The summed E-state index contributed by atoms with van der Waals surface area (Å²) in [5.74, 6) is 0. The molecule has 0 aliphatic heterocycles. The van der Waals surface area contributed by atoms with Crippen molar-refractivity contribution in [1.82, 2.24) is 0 Å². The van der Waals surface area contributed by atoms with E-state index in [1.54, 1.807) is 0 Å². The Kier molecular flexibility index (Phi) is 1.94. The van der Waals surface area contributed by atoms with Gasteiger partial charge in [0, 0.05) is 12.8 Å². The molecule has 0 amide bonds. The topological polar surface area (TPSA) is 13.6 Å². The first-order valence-corrected chi connectivity index (χ1v) is 4.00. The highest BCUT2D eigenvalue weighted by atomic mass is 16.5. The first-order chi connectivity index (χ1) is 4.97. The van der Waals surface area contributed by atoms with Crippen LogP contribution < -0.4 is 0 Å². The van der Waals surface area contributed by atoms with E-state index in [2.05, 4.69) is 4.85 Å². The van der Waals surface area contributed by atoms with Crippen molar-refractivity contribution in [2.24, 2.45) is 0 Å². The van der Waals surface area contributed by atoms with Crippen LogP contribution in [0.3, 0.4) is 0 Å². The van der Waals surface area contributed by atoms with Crippen molar-refractivity contribution in [2.75, 3.05) is 6.61 Å². The molecule has 0 saturated heterocycles. The monoisotopic (exact) mass is 153 g/mol. The molecular formula is C9H15NO. The molecule has 0 aromatic carbocycles. The third-order valence-corrected chi connectivity index (χ3v) is 1.84. The summed E-state index contributed by atoms with van der Waals surface area (Å²) in [6.07, 6.45) is 2.04. The Morgan fingerprint density at radius 1 is 1.45 bits per heavy atom. The number of hydrogen-bond acceptors (Lipinski definition) is 1. The fourth-order valence-corrected chi connectivity index (χ4v) is 0.784. The molecule has 1 saturated carbocycles. The Bertz CT molecular complexity index is 181. The third kappa shape index (κ3) is 2.51. The van der Waals surface area contributed by atoms with Crippen molar-refractivity contribution >= 4 is 0 Å². The minimum atomic E-state index is -0.132. The van der Waals surface area contributed by atoms with Crippen LogP contribution in [0.25, 0.3) is 4.85 Å². The van der Waals surface area contributed by atoms with Crippen molar-refractivity contribution in [2.45, 2.75) is 44.8 Å². The quantitative estimate of drug-likeness (QED) is 0.555. The first-order valence-electron chi connectivity index (χ1n) is 4.00. The second kappa shape index (κ2) is 2.49. The van der Waals surface area contributed by atoms with Gasteiger partial charge in [-0.25, -0.2) is 6.57 Å². The normalized spacial score (nSPS) is 20.9. The maximum Gasteiger partial charge on any atom is 0.256 e. The van der Waals surface area contributed by atoms with Crippen LogP contribution in [0.4, 0.5) is 0 Å². The highest BCUT2D eigenvalue weighted by Crippen LogP contribution is 2.40. The minimum absolute atomic E-state index is 0.0969. The second-order valence-electron chi connectivity index (χ2n) is 4.24. The van der Waals surface area contributed by atoms with Gasteiger partial charge >= 0.3 is 0 Å². The van der Waals surface area contributed by atoms with E-state index in [0.717, 1.165) is 12.8 Å². The molecule has 0 aromatic rings. The van der Waals surface area contributed by atoms with E-state index in [4.69, 9.17) is 11.3 Å². The molecule has 0 radical (unpaired) electrons. The van der Waals surface area contributed by atoms with Crippen molar-refractivity contribution in [3.63, 3.8) is 0 Å². The predicted molar refractivity (Wildman–Crippen MR) is 44.3 cm³/mol. The van der Waals surface area contributed by atoms with Gasteiger partial charge in [-0.3, -0.25) is 0 Å². The number of nitrogens with zero attached hydrogens (tertiary/aromatic N) is 1. The van der Waals surface area contributed by atoms with Crippen LogP contribution in [0, 0.1) is 6.57 Å². The minimum Gasteiger partial charge on any atom is -0.367 e. The SMILES string of the molecule is [C-]#[N+]C1(COC(C)(C)C)CC1. The lowest BCUT2D eigenvalue weighted by Gasteiger charge is -2.19. The van der Waals surface area contributed by atoms with E-state index >= 15 is 0 Å². The molecule has 0 bridgehead atoms. The lowest BCUT2D eigenvalue weighted by atomic mass is 10.2. The molecule has 1 rings (SSSR count). The van der Waals surface area contributed by atoms with E-state index in [-0.39, 0.29) is 11.1 Å². The van der Waals surface area contributed by atoms with Crippen LogP contribution in [-0.2, 0) is 4.74 Å². The maximum absolute atomic E-state index is 6.92. The molecule has 11 heavy (non-hydrogen) atoms. The lowest BCUT2D eigenvalue weighted by Crippen LogP contribution is -2.25. The van der Waals surface area contributed by atoms with Crippen molar-refractivity contribution < 1.29 is 4.74 Å². The Morgan fingerprint density at radius 2 is 2.00 bits per heavy atom. The summed E-state index contributed by atoms with van der Waals surface area (Å²) >= 11 is 0. The van der Waals surface area contributed by atoms with Crippen molar-refractivity contribution in [3.8, 4) is 0 Å². The summed E-state index contributed by atoms with van der Waals surface area (Å²) in [5.41, 5.74) is -0.229. The van der Waals surface area contributed by atoms with Crippen LogP contribution in [0.15, 0.2) is 0 Å². The molecule has 0 unspecified atom stereocenters. The third-order valence-electron chi connectivity index (χ3n) is 1.84. The Labute approximate surface area is 68.4 Å². The van der Waals surface area contributed by atoms with Gasteiger partial charge in [0.2, 0.25) is 0 Å². The van der Waals surface area contributed by atoms with Gasteiger partial charge in [0.15, 0.2) is 0 Å². The molecule has 0 aromatic heterocycles. The molecule has 1 fully saturated rings. The van der Waals surface area contributed by atoms with Gasteiger partial charge in [-0.05, 0) is 20.8 Å².